The van der Waals surface area contributed by atoms with Gasteiger partial charge in [-0.05, 0) is 40.2 Å². The van der Waals surface area contributed by atoms with Crippen LogP contribution in [0, 0.1) is 0 Å². The molecular weight excluding hydrogens is 322 g/mol. The van der Waals surface area contributed by atoms with Gasteiger partial charge in [-0.2, -0.15) is 0 Å². The van der Waals surface area contributed by atoms with Crippen molar-refractivity contribution in [3.63, 3.8) is 0 Å². The fourth-order valence-electron chi connectivity index (χ4n) is 1.77. The van der Waals surface area contributed by atoms with Crippen molar-refractivity contribution < 1.29 is 0 Å². The molecule has 3 aromatic rings. The highest BCUT2D eigenvalue weighted by Gasteiger charge is 2.07. The molecule has 3 nitrogen and oxygen atoms in total. The molecule has 0 bridgehead atoms. The minimum atomic E-state index is 0.740. The van der Waals surface area contributed by atoms with Crippen LogP contribution in [0.3, 0.4) is 0 Å². The van der Waals surface area contributed by atoms with Gasteiger partial charge in [0.1, 0.15) is 11.4 Å². The number of anilines is 1. The van der Waals surface area contributed by atoms with Gasteiger partial charge in [0.05, 0.1) is 5.52 Å². The lowest BCUT2D eigenvalue weighted by Gasteiger charge is -2.06. The second-order valence-electron chi connectivity index (χ2n) is 3.99. The van der Waals surface area contributed by atoms with Gasteiger partial charge in [0, 0.05) is 20.4 Å². The number of hydrogen-bond acceptors (Lipinski definition) is 4. The summed E-state index contributed by atoms with van der Waals surface area (Å²) >= 11 is 5.12. The molecule has 0 unspecified atom stereocenters. The van der Waals surface area contributed by atoms with Gasteiger partial charge in [0.25, 0.3) is 0 Å². The molecule has 2 aromatic carbocycles. The number of nitrogens with two attached hydrogens (primary N) is 1. The van der Waals surface area contributed by atoms with Crippen molar-refractivity contribution in [1.82, 2.24) is 9.97 Å². The molecule has 5 heteroatoms. The topological polar surface area (TPSA) is 51.8 Å². The van der Waals surface area contributed by atoms with E-state index < -0.39 is 0 Å². The van der Waals surface area contributed by atoms with Crippen LogP contribution in [-0.2, 0) is 0 Å². The van der Waals surface area contributed by atoms with Crippen molar-refractivity contribution in [2.75, 3.05) is 5.73 Å². The van der Waals surface area contributed by atoms with Gasteiger partial charge in [-0.1, -0.05) is 30.0 Å². The molecule has 0 aliphatic rings. The number of fused-ring (bicyclic) bond motifs is 1. The van der Waals surface area contributed by atoms with Gasteiger partial charge in [0.15, 0.2) is 0 Å². The smallest absolute Gasteiger partial charge is 0.117 e. The van der Waals surface area contributed by atoms with Crippen LogP contribution in [0.25, 0.3) is 10.9 Å². The van der Waals surface area contributed by atoms with E-state index in [-0.39, 0.29) is 0 Å². The molecule has 0 saturated carbocycles. The Hall–Kier alpha value is -1.59. The number of benzene rings is 2. The molecule has 0 radical (unpaired) electrons. The molecule has 3 rings (SSSR count). The molecule has 0 aliphatic carbocycles. The maximum Gasteiger partial charge on any atom is 0.117 e. The zero-order valence-corrected chi connectivity index (χ0v) is 12.3. The normalized spacial score (nSPS) is 10.8. The summed E-state index contributed by atoms with van der Waals surface area (Å²) in [7, 11) is 0. The lowest BCUT2D eigenvalue weighted by atomic mass is 10.2. The van der Waals surface area contributed by atoms with E-state index in [1.165, 1.54) is 0 Å². The molecule has 0 amide bonds. The van der Waals surface area contributed by atoms with Crippen molar-refractivity contribution in [3.05, 3.63) is 53.3 Å². The molecule has 94 valence electrons. The Kier molecular flexibility index (Phi) is 3.40. The first-order valence-corrected chi connectivity index (χ1v) is 7.27. The van der Waals surface area contributed by atoms with Crippen molar-refractivity contribution in [3.8, 4) is 0 Å². The third-order valence-corrected chi connectivity index (χ3v) is 4.68. The molecular formula is C14H10BrN3S. The summed E-state index contributed by atoms with van der Waals surface area (Å²) in [6.45, 7) is 0. The van der Waals surface area contributed by atoms with Gasteiger partial charge in [0.2, 0.25) is 0 Å². The lowest BCUT2D eigenvalue weighted by molar-refractivity contribution is 1.10. The molecule has 0 aliphatic heterocycles. The third-order valence-electron chi connectivity index (χ3n) is 2.67. The summed E-state index contributed by atoms with van der Waals surface area (Å²) in [5.74, 6) is 0. The van der Waals surface area contributed by atoms with E-state index in [0.29, 0.717) is 0 Å². The average molecular weight is 332 g/mol. The highest BCUT2D eigenvalue weighted by atomic mass is 79.9. The van der Waals surface area contributed by atoms with Crippen LogP contribution >= 0.6 is 27.7 Å². The summed E-state index contributed by atoms with van der Waals surface area (Å²) in [5.41, 5.74) is 7.44. The highest BCUT2D eigenvalue weighted by Crippen LogP contribution is 2.36. The summed E-state index contributed by atoms with van der Waals surface area (Å²) in [6, 6.07) is 13.8. The van der Waals surface area contributed by atoms with Gasteiger partial charge in [-0.3, -0.25) is 0 Å². The Labute approximate surface area is 123 Å². The number of hydrogen-bond donors (Lipinski definition) is 1. The SMILES string of the molecule is Nc1ccc(Sc2ncnc3ccccc23)c(Br)c1. The summed E-state index contributed by atoms with van der Waals surface area (Å²) < 4.78 is 0.972. The number of rotatable bonds is 2. The highest BCUT2D eigenvalue weighted by molar-refractivity contribution is 9.10. The Morgan fingerprint density at radius 2 is 1.89 bits per heavy atom. The maximum absolute atomic E-state index is 5.75. The van der Waals surface area contributed by atoms with Crippen LogP contribution in [0.2, 0.25) is 0 Å². The summed E-state index contributed by atoms with van der Waals surface area (Å²) in [6.07, 6.45) is 1.59. The zero-order chi connectivity index (χ0) is 13.2. The van der Waals surface area contributed by atoms with Gasteiger partial charge < -0.3 is 5.73 Å². The van der Waals surface area contributed by atoms with Crippen LogP contribution < -0.4 is 5.73 Å². The van der Waals surface area contributed by atoms with Gasteiger partial charge in [-0.15, -0.1) is 0 Å². The average Bonchev–Trinajstić information content (AvgIpc) is 2.42. The second-order valence-corrected chi connectivity index (χ2v) is 5.87. The molecule has 0 saturated heterocycles. The number of aromatic nitrogens is 2. The van der Waals surface area contributed by atoms with Crippen molar-refractivity contribution in [1.29, 1.82) is 0 Å². The van der Waals surface area contributed by atoms with E-state index >= 15 is 0 Å². The predicted molar refractivity (Wildman–Crippen MR) is 82.2 cm³/mol. The van der Waals surface area contributed by atoms with Crippen molar-refractivity contribution >= 4 is 44.3 Å². The minimum absolute atomic E-state index is 0.740. The van der Waals surface area contributed by atoms with E-state index in [2.05, 4.69) is 25.9 Å². The number of para-hydroxylation sites is 1. The fourth-order valence-corrected chi connectivity index (χ4v) is 3.29. The molecule has 0 atom stereocenters. The molecule has 2 N–H and O–H groups in total. The second kappa shape index (κ2) is 5.19. The molecule has 0 spiro atoms. The Bertz CT molecular complexity index is 740. The maximum atomic E-state index is 5.75. The van der Waals surface area contributed by atoms with Crippen LogP contribution in [0.5, 0.6) is 0 Å². The summed E-state index contributed by atoms with van der Waals surface area (Å²) in [5, 5.41) is 2.00. The third kappa shape index (κ3) is 2.57. The number of nitrogen functional groups attached to an aromatic ring is 1. The van der Waals surface area contributed by atoms with E-state index in [4.69, 9.17) is 5.73 Å². The molecule has 1 aromatic heterocycles. The number of nitrogens with zero attached hydrogens (tertiary/aromatic N) is 2. The Morgan fingerprint density at radius 3 is 2.74 bits per heavy atom. The van der Waals surface area contributed by atoms with E-state index in [1.807, 2.05) is 42.5 Å². The van der Waals surface area contributed by atoms with Crippen LogP contribution in [0.15, 0.2) is 63.2 Å². The largest absolute Gasteiger partial charge is 0.399 e. The molecule has 19 heavy (non-hydrogen) atoms. The molecule has 1 heterocycles. The van der Waals surface area contributed by atoms with E-state index in [9.17, 15) is 0 Å². The molecule has 0 fully saturated rings. The van der Waals surface area contributed by atoms with Gasteiger partial charge >= 0.3 is 0 Å². The predicted octanol–water partition coefficient (Wildman–Crippen LogP) is 4.13. The van der Waals surface area contributed by atoms with Crippen LogP contribution in [0.4, 0.5) is 5.69 Å². The van der Waals surface area contributed by atoms with Crippen LogP contribution in [0.1, 0.15) is 0 Å². The Balaban J connectivity index is 2.06. The first-order chi connectivity index (χ1) is 9.24. The number of halogens is 1. The van der Waals surface area contributed by atoms with E-state index in [1.54, 1.807) is 18.1 Å². The first kappa shape index (κ1) is 12.4. The van der Waals surface area contributed by atoms with Crippen molar-refractivity contribution in [2.45, 2.75) is 9.92 Å². The van der Waals surface area contributed by atoms with Gasteiger partial charge in [-0.25, -0.2) is 9.97 Å². The van der Waals surface area contributed by atoms with Crippen molar-refractivity contribution in [2.24, 2.45) is 0 Å². The van der Waals surface area contributed by atoms with E-state index in [0.717, 1.165) is 31.0 Å². The van der Waals surface area contributed by atoms with Crippen LogP contribution in [-0.4, -0.2) is 9.97 Å². The monoisotopic (exact) mass is 331 g/mol. The Morgan fingerprint density at radius 1 is 1.05 bits per heavy atom. The lowest BCUT2D eigenvalue weighted by Crippen LogP contribution is -1.88. The first-order valence-electron chi connectivity index (χ1n) is 5.66. The minimum Gasteiger partial charge on any atom is -0.399 e. The quantitative estimate of drug-likeness (QED) is 0.566. The summed E-state index contributed by atoms with van der Waals surface area (Å²) in [4.78, 5) is 9.71. The standard InChI is InChI=1S/C14H10BrN3S/c15-11-7-9(16)5-6-13(11)19-14-10-3-1-2-4-12(10)17-8-18-14/h1-8H,16H2. The zero-order valence-electron chi connectivity index (χ0n) is 9.88. The fraction of sp³-hybridized carbons (Fsp3) is 0.